The third-order valence-electron chi connectivity index (χ3n) is 6.85. The Hall–Kier alpha value is -3.41. The molecule has 6 heteroatoms. The standard InChI is InChI=1S/C27H29N3O3/c1-2-33-25-11-4-3-10-22(25)27(32)30-15-6-5-8-21-17-29(18-24(21)30)26(31)20-12-13-23-19(16-20)9-7-14-28-23/h3-4,7,9-14,16,21,24H,2,5-6,8,15,17-18H2,1H3/t21-,24+/m0/s1. The van der Waals surface area contributed by atoms with Crippen LogP contribution in [0.5, 0.6) is 5.75 Å². The zero-order valence-corrected chi connectivity index (χ0v) is 18.9. The highest BCUT2D eigenvalue weighted by Gasteiger charge is 2.42. The Labute approximate surface area is 194 Å². The van der Waals surface area contributed by atoms with Crippen molar-refractivity contribution in [3.8, 4) is 5.75 Å². The molecule has 2 amide bonds. The lowest BCUT2D eigenvalue weighted by Gasteiger charge is -2.30. The minimum atomic E-state index is 0.00188. The molecular weight excluding hydrogens is 414 g/mol. The molecule has 1 aromatic heterocycles. The number of para-hydroxylation sites is 1. The van der Waals surface area contributed by atoms with Crippen molar-refractivity contribution >= 4 is 22.7 Å². The summed E-state index contributed by atoms with van der Waals surface area (Å²) in [6.07, 6.45) is 4.85. The van der Waals surface area contributed by atoms with Gasteiger partial charge in [0.2, 0.25) is 0 Å². The van der Waals surface area contributed by atoms with Crippen molar-refractivity contribution in [2.45, 2.75) is 32.2 Å². The number of ether oxygens (including phenoxy) is 1. The summed E-state index contributed by atoms with van der Waals surface area (Å²) >= 11 is 0. The van der Waals surface area contributed by atoms with E-state index >= 15 is 0 Å². The van der Waals surface area contributed by atoms with Crippen LogP contribution in [0.3, 0.4) is 0 Å². The smallest absolute Gasteiger partial charge is 0.257 e. The predicted molar refractivity (Wildman–Crippen MR) is 127 cm³/mol. The van der Waals surface area contributed by atoms with Crippen molar-refractivity contribution in [1.82, 2.24) is 14.8 Å². The van der Waals surface area contributed by atoms with E-state index in [-0.39, 0.29) is 17.9 Å². The van der Waals surface area contributed by atoms with Gasteiger partial charge < -0.3 is 14.5 Å². The summed E-state index contributed by atoms with van der Waals surface area (Å²) in [5.41, 5.74) is 2.16. The zero-order chi connectivity index (χ0) is 22.8. The molecule has 170 valence electrons. The number of amides is 2. The Morgan fingerprint density at radius 3 is 2.79 bits per heavy atom. The molecule has 6 nitrogen and oxygen atoms in total. The molecular formula is C27H29N3O3. The summed E-state index contributed by atoms with van der Waals surface area (Å²) in [6, 6.07) is 17.0. The molecule has 0 radical (unpaired) electrons. The summed E-state index contributed by atoms with van der Waals surface area (Å²) in [5.74, 6) is 0.946. The number of carbonyl (C=O) groups is 2. The number of hydrogen-bond acceptors (Lipinski definition) is 4. The number of hydrogen-bond donors (Lipinski definition) is 0. The fraction of sp³-hybridized carbons (Fsp3) is 0.370. The fourth-order valence-corrected chi connectivity index (χ4v) is 5.23. The quantitative estimate of drug-likeness (QED) is 0.600. The number of likely N-dealkylation sites (tertiary alicyclic amines) is 2. The lowest BCUT2D eigenvalue weighted by Crippen LogP contribution is -2.44. The molecule has 2 atom stereocenters. The van der Waals surface area contributed by atoms with E-state index in [4.69, 9.17) is 4.74 Å². The molecule has 2 aromatic carbocycles. The number of benzene rings is 2. The molecule has 3 aromatic rings. The van der Waals surface area contributed by atoms with Crippen LogP contribution in [0.15, 0.2) is 60.8 Å². The maximum Gasteiger partial charge on any atom is 0.257 e. The molecule has 0 spiro atoms. The number of pyridine rings is 1. The molecule has 2 aliphatic rings. The first-order valence-electron chi connectivity index (χ1n) is 11.8. The lowest BCUT2D eigenvalue weighted by molar-refractivity contribution is 0.0642. The van der Waals surface area contributed by atoms with Crippen LogP contribution < -0.4 is 4.74 Å². The molecule has 0 aliphatic carbocycles. The van der Waals surface area contributed by atoms with Crippen LogP contribution in [0.25, 0.3) is 10.9 Å². The Morgan fingerprint density at radius 2 is 1.91 bits per heavy atom. The molecule has 2 saturated heterocycles. The van der Waals surface area contributed by atoms with Crippen molar-refractivity contribution in [2.24, 2.45) is 5.92 Å². The van der Waals surface area contributed by atoms with Gasteiger partial charge in [-0.3, -0.25) is 14.6 Å². The van der Waals surface area contributed by atoms with Gasteiger partial charge in [-0.1, -0.05) is 24.6 Å². The summed E-state index contributed by atoms with van der Waals surface area (Å²) in [6.45, 7) is 4.40. The van der Waals surface area contributed by atoms with Crippen LogP contribution in [0, 0.1) is 5.92 Å². The number of aromatic nitrogens is 1. The predicted octanol–water partition coefficient (Wildman–Crippen LogP) is 4.40. The van der Waals surface area contributed by atoms with Crippen LogP contribution >= 0.6 is 0 Å². The van der Waals surface area contributed by atoms with E-state index in [0.29, 0.717) is 49.0 Å². The van der Waals surface area contributed by atoms with Crippen molar-refractivity contribution in [1.29, 1.82) is 0 Å². The van der Waals surface area contributed by atoms with Crippen LogP contribution in [-0.4, -0.2) is 58.9 Å². The van der Waals surface area contributed by atoms with Gasteiger partial charge in [0.05, 0.1) is 23.7 Å². The molecule has 0 bridgehead atoms. The summed E-state index contributed by atoms with van der Waals surface area (Å²) in [4.78, 5) is 35.3. The van der Waals surface area contributed by atoms with E-state index < -0.39 is 0 Å². The fourth-order valence-electron chi connectivity index (χ4n) is 5.23. The maximum absolute atomic E-state index is 13.6. The highest BCUT2D eigenvalue weighted by molar-refractivity contribution is 5.99. The van der Waals surface area contributed by atoms with Crippen molar-refractivity contribution in [2.75, 3.05) is 26.2 Å². The van der Waals surface area contributed by atoms with Crippen molar-refractivity contribution in [3.63, 3.8) is 0 Å². The normalized spacial score (nSPS) is 20.4. The Bertz CT molecular complexity index is 1180. The topological polar surface area (TPSA) is 62.7 Å². The van der Waals surface area contributed by atoms with Gasteiger partial charge in [-0.25, -0.2) is 0 Å². The highest BCUT2D eigenvalue weighted by atomic mass is 16.5. The van der Waals surface area contributed by atoms with Gasteiger partial charge in [0.1, 0.15) is 5.75 Å². The van der Waals surface area contributed by atoms with Crippen molar-refractivity contribution < 1.29 is 14.3 Å². The molecule has 2 fully saturated rings. The van der Waals surface area contributed by atoms with Gasteiger partial charge in [0.25, 0.3) is 11.8 Å². The molecule has 0 saturated carbocycles. The van der Waals surface area contributed by atoms with E-state index in [1.807, 2.05) is 71.3 Å². The van der Waals surface area contributed by atoms with Crippen LogP contribution in [0.1, 0.15) is 46.9 Å². The first-order valence-corrected chi connectivity index (χ1v) is 11.8. The molecule has 3 heterocycles. The molecule has 2 aliphatic heterocycles. The second-order valence-electron chi connectivity index (χ2n) is 8.87. The summed E-state index contributed by atoms with van der Waals surface area (Å²) in [5, 5.41) is 0.959. The monoisotopic (exact) mass is 443 g/mol. The van der Waals surface area contributed by atoms with E-state index in [9.17, 15) is 9.59 Å². The Morgan fingerprint density at radius 1 is 1.03 bits per heavy atom. The summed E-state index contributed by atoms with van der Waals surface area (Å²) in [7, 11) is 0. The van der Waals surface area contributed by atoms with Crippen LogP contribution in [0.2, 0.25) is 0 Å². The van der Waals surface area contributed by atoms with E-state index in [0.717, 1.165) is 30.2 Å². The molecule has 0 N–H and O–H groups in total. The van der Waals surface area contributed by atoms with Gasteiger partial charge in [-0.05, 0) is 62.1 Å². The van der Waals surface area contributed by atoms with Gasteiger partial charge in [0.15, 0.2) is 0 Å². The highest BCUT2D eigenvalue weighted by Crippen LogP contribution is 2.33. The third kappa shape index (κ3) is 4.17. The zero-order valence-electron chi connectivity index (χ0n) is 18.9. The maximum atomic E-state index is 13.6. The summed E-state index contributed by atoms with van der Waals surface area (Å²) < 4.78 is 5.73. The third-order valence-corrected chi connectivity index (χ3v) is 6.85. The number of nitrogens with zero attached hydrogens (tertiary/aromatic N) is 3. The lowest BCUT2D eigenvalue weighted by atomic mass is 9.98. The minimum Gasteiger partial charge on any atom is -0.493 e. The number of carbonyl (C=O) groups excluding carboxylic acids is 2. The van der Waals surface area contributed by atoms with Crippen LogP contribution in [0.4, 0.5) is 0 Å². The van der Waals surface area contributed by atoms with E-state index in [2.05, 4.69) is 4.98 Å². The second kappa shape index (κ2) is 9.22. The molecule has 0 unspecified atom stereocenters. The number of fused-ring (bicyclic) bond motifs is 2. The van der Waals surface area contributed by atoms with Gasteiger partial charge in [0, 0.05) is 36.8 Å². The first-order chi connectivity index (χ1) is 16.2. The van der Waals surface area contributed by atoms with E-state index in [1.54, 1.807) is 6.20 Å². The molecule has 33 heavy (non-hydrogen) atoms. The van der Waals surface area contributed by atoms with Crippen LogP contribution in [-0.2, 0) is 0 Å². The van der Waals surface area contributed by atoms with Gasteiger partial charge in [-0.2, -0.15) is 0 Å². The second-order valence-corrected chi connectivity index (χ2v) is 8.87. The van der Waals surface area contributed by atoms with Gasteiger partial charge >= 0.3 is 0 Å². The Balaban J connectivity index is 1.39. The molecule has 5 rings (SSSR count). The average molecular weight is 444 g/mol. The first kappa shape index (κ1) is 21.4. The van der Waals surface area contributed by atoms with E-state index in [1.165, 1.54) is 0 Å². The van der Waals surface area contributed by atoms with Crippen molar-refractivity contribution in [3.05, 3.63) is 71.9 Å². The average Bonchev–Trinajstić information content (AvgIpc) is 3.17. The largest absolute Gasteiger partial charge is 0.493 e. The SMILES string of the molecule is CCOc1ccccc1C(=O)N1CCCC[C@H]2CN(C(=O)c3ccc4ncccc4c3)C[C@H]21. The van der Waals surface area contributed by atoms with Gasteiger partial charge in [-0.15, -0.1) is 0 Å². The Kier molecular flexibility index (Phi) is 5.99. The minimum absolute atomic E-state index is 0.00188. The number of rotatable bonds is 4.